The van der Waals surface area contributed by atoms with Crippen LogP contribution in [0.2, 0.25) is 0 Å². The van der Waals surface area contributed by atoms with Crippen molar-refractivity contribution in [2.45, 2.75) is 26.7 Å². The van der Waals surface area contributed by atoms with Crippen molar-refractivity contribution in [3.63, 3.8) is 0 Å². The van der Waals surface area contributed by atoms with Crippen molar-refractivity contribution in [1.29, 1.82) is 0 Å². The fourth-order valence-electron chi connectivity index (χ4n) is 2.91. The summed E-state index contributed by atoms with van der Waals surface area (Å²) in [5, 5.41) is 0. The maximum Gasteiger partial charge on any atom is 0.266 e. The van der Waals surface area contributed by atoms with Gasteiger partial charge in [-0.3, -0.25) is 9.69 Å². The smallest absolute Gasteiger partial charge is 0.266 e. The first-order chi connectivity index (χ1) is 10.6. The summed E-state index contributed by atoms with van der Waals surface area (Å²) in [7, 11) is 0. The molecule has 3 nitrogen and oxygen atoms in total. The summed E-state index contributed by atoms with van der Waals surface area (Å²) in [5.41, 5.74) is 3.58. The maximum absolute atomic E-state index is 12.3. The lowest BCUT2D eigenvalue weighted by Gasteiger charge is -2.18. The average Bonchev–Trinajstić information content (AvgIpc) is 3.11. The quantitative estimate of drug-likeness (QED) is 0.620. The van der Waals surface area contributed by atoms with Crippen molar-refractivity contribution < 1.29 is 4.79 Å². The molecule has 1 amide bonds. The lowest BCUT2D eigenvalue weighted by molar-refractivity contribution is -0.121. The minimum Gasteiger partial charge on any atom is -0.372 e. The molecule has 2 fully saturated rings. The van der Waals surface area contributed by atoms with Crippen LogP contribution in [0.25, 0.3) is 6.08 Å². The van der Waals surface area contributed by atoms with Gasteiger partial charge in [0.1, 0.15) is 4.32 Å². The molecule has 0 saturated carbocycles. The molecule has 0 spiro atoms. The van der Waals surface area contributed by atoms with Gasteiger partial charge >= 0.3 is 0 Å². The average molecular weight is 332 g/mol. The topological polar surface area (TPSA) is 23.6 Å². The lowest BCUT2D eigenvalue weighted by atomic mass is 10.1. The van der Waals surface area contributed by atoms with Crippen molar-refractivity contribution in [3.05, 3.63) is 34.2 Å². The molecule has 2 heterocycles. The highest BCUT2D eigenvalue weighted by atomic mass is 32.2. The van der Waals surface area contributed by atoms with Crippen LogP contribution in [0.5, 0.6) is 0 Å². The van der Waals surface area contributed by atoms with Crippen LogP contribution < -0.4 is 4.90 Å². The monoisotopic (exact) mass is 332 g/mol. The maximum atomic E-state index is 12.3. The number of rotatable bonds is 3. The summed E-state index contributed by atoms with van der Waals surface area (Å²) in [6, 6.07) is 6.49. The van der Waals surface area contributed by atoms with Crippen LogP contribution in [-0.2, 0) is 4.79 Å². The van der Waals surface area contributed by atoms with Crippen molar-refractivity contribution in [2.75, 3.05) is 24.5 Å². The van der Waals surface area contributed by atoms with Crippen LogP contribution in [-0.4, -0.2) is 34.8 Å². The van der Waals surface area contributed by atoms with E-state index in [1.807, 2.05) is 13.0 Å². The standard InChI is InChI=1S/C17H20N2OS2/c1-3-19-16(20)15(22-17(19)21)11-13-6-7-14(10-12(13)2)18-8-4-5-9-18/h6-7,10-11H,3-5,8-9H2,1-2H3. The van der Waals surface area contributed by atoms with Gasteiger partial charge in [-0.15, -0.1) is 0 Å². The van der Waals surface area contributed by atoms with Crippen LogP contribution >= 0.6 is 24.0 Å². The molecule has 1 aromatic rings. The van der Waals surface area contributed by atoms with E-state index in [0.29, 0.717) is 10.9 Å². The van der Waals surface area contributed by atoms with Gasteiger partial charge in [-0.1, -0.05) is 30.0 Å². The molecule has 22 heavy (non-hydrogen) atoms. The molecule has 0 radical (unpaired) electrons. The zero-order valence-electron chi connectivity index (χ0n) is 13.0. The van der Waals surface area contributed by atoms with Gasteiger partial charge in [0, 0.05) is 25.3 Å². The van der Waals surface area contributed by atoms with Gasteiger partial charge in [-0.2, -0.15) is 0 Å². The Morgan fingerprint density at radius 1 is 1.32 bits per heavy atom. The molecule has 2 aliphatic heterocycles. The van der Waals surface area contributed by atoms with Gasteiger partial charge in [0.05, 0.1) is 4.91 Å². The van der Waals surface area contributed by atoms with Gasteiger partial charge < -0.3 is 4.90 Å². The van der Waals surface area contributed by atoms with Crippen molar-refractivity contribution >= 4 is 46.0 Å². The second-order valence-electron chi connectivity index (χ2n) is 5.66. The van der Waals surface area contributed by atoms with E-state index in [4.69, 9.17) is 12.2 Å². The summed E-state index contributed by atoms with van der Waals surface area (Å²) < 4.78 is 0.657. The van der Waals surface area contributed by atoms with Crippen LogP contribution in [0.1, 0.15) is 30.9 Å². The summed E-state index contributed by atoms with van der Waals surface area (Å²) in [4.78, 5) is 17.1. The number of anilines is 1. The first-order valence-corrected chi connectivity index (χ1v) is 8.93. The summed E-state index contributed by atoms with van der Waals surface area (Å²) in [6.45, 7) is 6.98. The molecular weight excluding hydrogens is 312 g/mol. The highest BCUT2D eigenvalue weighted by Crippen LogP contribution is 2.33. The first kappa shape index (κ1) is 15.6. The lowest BCUT2D eigenvalue weighted by Crippen LogP contribution is -2.27. The predicted molar refractivity (Wildman–Crippen MR) is 98.2 cm³/mol. The highest BCUT2D eigenvalue weighted by molar-refractivity contribution is 8.26. The zero-order chi connectivity index (χ0) is 15.7. The Kier molecular flexibility index (Phi) is 4.54. The third kappa shape index (κ3) is 2.92. The Morgan fingerprint density at radius 2 is 2.05 bits per heavy atom. The Hall–Kier alpha value is -1.33. The van der Waals surface area contributed by atoms with Gasteiger partial charge in [-0.05, 0) is 56.0 Å². The van der Waals surface area contributed by atoms with Gasteiger partial charge in [0.25, 0.3) is 5.91 Å². The van der Waals surface area contributed by atoms with E-state index in [1.165, 1.54) is 35.9 Å². The number of carbonyl (C=O) groups is 1. The third-order valence-corrected chi connectivity index (χ3v) is 5.58. The number of aryl methyl sites for hydroxylation is 1. The molecule has 3 rings (SSSR count). The second-order valence-corrected chi connectivity index (χ2v) is 7.34. The van der Waals surface area contributed by atoms with E-state index in [0.717, 1.165) is 23.6 Å². The number of thioether (sulfide) groups is 1. The van der Waals surface area contributed by atoms with Crippen LogP contribution in [0, 0.1) is 6.92 Å². The highest BCUT2D eigenvalue weighted by Gasteiger charge is 2.30. The molecule has 0 atom stereocenters. The minimum absolute atomic E-state index is 0.0283. The van der Waals surface area contributed by atoms with Gasteiger partial charge in [0.15, 0.2) is 0 Å². The molecule has 1 aromatic carbocycles. The number of nitrogens with zero attached hydrogens (tertiary/aromatic N) is 2. The normalized spacial score (nSPS) is 20.5. The van der Waals surface area contributed by atoms with E-state index in [-0.39, 0.29) is 5.91 Å². The van der Waals surface area contributed by atoms with Crippen LogP contribution in [0.15, 0.2) is 23.1 Å². The number of thiocarbonyl (C=S) groups is 1. The number of benzene rings is 1. The van der Waals surface area contributed by atoms with E-state index >= 15 is 0 Å². The molecule has 0 N–H and O–H groups in total. The molecule has 0 unspecified atom stereocenters. The predicted octanol–water partition coefficient (Wildman–Crippen LogP) is 3.82. The van der Waals surface area contributed by atoms with E-state index in [2.05, 4.69) is 30.0 Å². The molecule has 0 aliphatic carbocycles. The number of hydrogen-bond acceptors (Lipinski definition) is 4. The Labute approximate surface area is 141 Å². The molecule has 5 heteroatoms. The zero-order valence-corrected chi connectivity index (χ0v) is 14.6. The van der Waals surface area contributed by atoms with Crippen molar-refractivity contribution in [1.82, 2.24) is 4.90 Å². The number of hydrogen-bond donors (Lipinski definition) is 0. The summed E-state index contributed by atoms with van der Waals surface area (Å²) in [6.07, 6.45) is 4.53. The Bertz CT molecular complexity index is 648. The fraction of sp³-hybridized carbons (Fsp3) is 0.412. The minimum atomic E-state index is 0.0283. The second kappa shape index (κ2) is 6.42. The molecule has 0 bridgehead atoms. The van der Waals surface area contributed by atoms with E-state index in [9.17, 15) is 4.79 Å². The fourth-order valence-corrected chi connectivity index (χ4v) is 4.28. The van der Waals surface area contributed by atoms with Crippen molar-refractivity contribution in [3.8, 4) is 0 Å². The molecule has 116 valence electrons. The number of amides is 1. The largest absolute Gasteiger partial charge is 0.372 e. The molecular formula is C17H20N2OS2. The Morgan fingerprint density at radius 3 is 2.64 bits per heavy atom. The number of carbonyl (C=O) groups excluding carboxylic acids is 1. The summed E-state index contributed by atoms with van der Waals surface area (Å²) in [5.74, 6) is 0.0283. The van der Waals surface area contributed by atoms with E-state index < -0.39 is 0 Å². The van der Waals surface area contributed by atoms with Gasteiger partial charge in [-0.25, -0.2) is 0 Å². The van der Waals surface area contributed by atoms with E-state index in [1.54, 1.807) is 4.90 Å². The first-order valence-electron chi connectivity index (χ1n) is 7.71. The van der Waals surface area contributed by atoms with Crippen LogP contribution in [0.3, 0.4) is 0 Å². The summed E-state index contributed by atoms with van der Waals surface area (Å²) >= 11 is 6.65. The van der Waals surface area contributed by atoms with Crippen LogP contribution in [0.4, 0.5) is 5.69 Å². The molecule has 2 aliphatic rings. The van der Waals surface area contributed by atoms with Crippen molar-refractivity contribution in [2.24, 2.45) is 0 Å². The van der Waals surface area contributed by atoms with Gasteiger partial charge in [0.2, 0.25) is 0 Å². The SMILES string of the molecule is CCN1C(=O)C(=Cc2ccc(N3CCCC3)cc2C)SC1=S. The Balaban J connectivity index is 1.85. The molecule has 2 saturated heterocycles. The third-order valence-electron chi connectivity index (χ3n) is 4.20. The molecule has 0 aromatic heterocycles. The number of likely N-dealkylation sites (N-methyl/N-ethyl adjacent to an activating group) is 1.